The molecule has 1 aliphatic rings. The fourth-order valence-corrected chi connectivity index (χ4v) is 4.58. The van der Waals surface area contributed by atoms with E-state index < -0.39 is 5.97 Å². The molecule has 7 nitrogen and oxygen atoms in total. The number of hydrogen-bond acceptors (Lipinski definition) is 5. The topological polar surface area (TPSA) is 90.7 Å². The van der Waals surface area contributed by atoms with E-state index in [9.17, 15) is 9.59 Å². The van der Waals surface area contributed by atoms with Gasteiger partial charge < -0.3 is 14.6 Å². The quantitative estimate of drug-likeness (QED) is 0.504. The molecule has 2 aromatic carbocycles. The molecule has 0 saturated heterocycles. The van der Waals surface area contributed by atoms with Gasteiger partial charge in [-0.15, -0.1) is 0 Å². The number of ether oxygens (including phenoxy) is 2. The number of aliphatic carboxylic acids is 1. The number of carbonyl (C=O) groups is 1. The molecule has 1 N–H and O–H groups in total. The first kappa shape index (κ1) is 23.7. The molecule has 34 heavy (non-hydrogen) atoms. The minimum absolute atomic E-state index is 0.121. The van der Waals surface area contributed by atoms with Crippen molar-refractivity contribution in [2.75, 3.05) is 20.3 Å². The first-order chi connectivity index (χ1) is 16.5. The Morgan fingerprint density at radius 3 is 2.41 bits per heavy atom. The van der Waals surface area contributed by atoms with Crippen LogP contribution in [0, 0.1) is 11.8 Å². The van der Waals surface area contributed by atoms with Gasteiger partial charge in [-0.05, 0) is 55.2 Å². The van der Waals surface area contributed by atoms with Gasteiger partial charge in [-0.25, -0.2) is 9.48 Å². The summed E-state index contributed by atoms with van der Waals surface area (Å²) in [5.74, 6) is 0.512. The average Bonchev–Trinajstić information content (AvgIpc) is 2.86. The van der Waals surface area contributed by atoms with E-state index in [1.165, 1.54) is 0 Å². The van der Waals surface area contributed by atoms with Crippen molar-refractivity contribution >= 4 is 5.97 Å². The van der Waals surface area contributed by atoms with Gasteiger partial charge in [0.2, 0.25) is 0 Å². The summed E-state index contributed by atoms with van der Waals surface area (Å²) >= 11 is 0. The van der Waals surface area contributed by atoms with Gasteiger partial charge in [0.05, 0.1) is 19.4 Å². The van der Waals surface area contributed by atoms with Gasteiger partial charge >= 0.3 is 5.97 Å². The number of carboxylic acid groups (broad SMARTS) is 1. The maximum atomic E-state index is 13.1. The first-order valence-electron chi connectivity index (χ1n) is 11.6. The van der Waals surface area contributed by atoms with E-state index in [1.807, 2.05) is 54.6 Å². The molecule has 1 saturated carbocycles. The number of nitrogens with zero attached hydrogens (tertiary/aromatic N) is 2. The zero-order valence-electron chi connectivity index (χ0n) is 19.4. The SMILES string of the molecule is COc1cccc(-c2cc(=O)n(C[C@H]3CC[C@@H](COCC(=O)O)CC3)nc2-c2ccccc2)c1. The van der Waals surface area contributed by atoms with Crippen LogP contribution in [0.25, 0.3) is 22.4 Å². The van der Waals surface area contributed by atoms with Crippen molar-refractivity contribution in [1.82, 2.24) is 9.78 Å². The maximum Gasteiger partial charge on any atom is 0.329 e. The Morgan fingerprint density at radius 1 is 1.00 bits per heavy atom. The predicted molar refractivity (Wildman–Crippen MR) is 130 cm³/mol. The largest absolute Gasteiger partial charge is 0.497 e. The highest BCUT2D eigenvalue weighted by atomic mass is 16.5. The molecule has 1 fully saturated rings. The lowest BCUT2D eigenvalue weighted by Gasteiger charge is -2.28. The van der Waals surface area contributed by atoms with E-state index in [1.54, 1.807) is 17.9 Å². The molecule has 4 rings (SSSR count). The van der Waals surface area contributed by atoms with Gasteiger partial charge in [-0.2, -0.15) is 5.10 Å². The number of hydrogen-bond donors (Lipinski definition) is 1. The molecule has 1 heterocycles. The highest BCUT2D eigenvalue weighted by molar-refractivity contribution is 5.80. The van der Waals surface area contributed by atoms with Gasteiger partial charge in [0, 0.05) is 23.7 Å². The summed E-state index contributed by atoms with van der Waals surface area (Å²) in [7, 11) is 1.63. The lowest BCUT2D eigenvalue weighted by atomic mass is 9.82. The van der Waals surface area contributed by atoms with Crippen LogP contribution in [0.5, 0.6) is 5.75 Å². The van der Waals surface area contributed by atoms with E-state index in [0.717, 1.165) is 53.8 Å². The van der Waals surface area contributed by atoms with Crippen molar-refractivity contribution in [2.45, 2.75) is 32.2 Å². The van der Waals surface area contributed by atoms with Crippen molar-refractivity contribution in [2.24, 2.45) is 11.8 Å². The third-order valence-corrected chi connectivity index (χ3v) is 6.40. The molecule has 3 aromatic rings. The fourth-order valence-electron chi connectivity index (χ4n) is 4.58. The predicted octanol–water partition coefficient (Wildman–Crippen LogP) is 4.49. The van der Waals surface area contributed by atoms with Crippen LogP contribution in [-0.2, 0) is 16.1 Å². The monoisotopic (exact) mass is 462 g/mol. The third kappa shape index (κ3) is 5.91. The van der Waals surface area contributed by atoms with Crippen LogP contribution in [-0.4, -0.2) is 41.2 Å². The summed E-state index contributed by atoms with van der Waals surface area (Å²) in [6.45, 7) is 0.797. The number of rotatable bonds is 9. The van der Waals surface area contributed by atoms with E-state index in [-0.39, 0.29) is 12.2 Å². The number of carboxylic acids is 1. The number of benzene rings is 2. The second-order valence-corrected chi connectivity index (χ2v) is 8.82. The van der Waals surface area contributed by atoms with Crippen LogP contribution < -0.4 is 10.3 Å². The molecule has 7 heteroatoms. The van der Waals surface area contributed by atoms with E-state index >= 15 is 0 Å². The van der Waals surface area contributed by atoms with Crippen LogP contribution in [0.3, 0.4) is 0 Å². The van der Waals surface area contributed by atoms with Crippen LogP contribution in [0.15, 0.2) is 65.5 Å². The summed E-state index contributed by atoms with van der Waals surface area (Å²) in [4.78, 5) is 23.7. The van der Waals surface area contributed by atoms with Crippen LogP contribution >= 0.6 is 0 Å². The minimum Gasteiger partial charge on any atom is -0.497 e. The van der Waals surface area contributed by atoms with Crippen LogP contribution in [0.4, 0.5) is 0 Å². The molecule has 0 amide bonds. The van der Waals surface area contributed by atoms with Crippen molar-refractivity contribution < 1.29 is 19.4 Å². The van der Waals surface area contributed by atoms with E-state index in [2.05, 4.69) is 0 Å². The molecule has 0 atom stereocenters. The molecule has 0 unspecified atom stereocenters. The van der Waals surface area contributed by atoms with Crippen molar-refractivity contribution in [3.63, 3.8) is 0 Å². The molecule has 178 valence electrons. The second-order valence-electron chi connectivity index (χ2n) is 8.82. The maximum absolute atomic E-state index is 13.1. The molecule has 0 aliphatic heterocycles. The Hall–Kier alpha value is -3.45. The van der Waals surface area contributed by atoms with Crippen LogP contribution in [0.2, 0.25) is 0 Å². The minimum atomic E-state index is -0.939. The molecule has 0 radical (unpaired) electrons. The van der Waals surface area contributed by atoms with Gasteiger partial charge in [-0.1, -0.05) is 42.5 Å². The zero-order valence-corrected chi connectivity index (χ0v) is 19.4. The number of methoxy groups -OCH3 is 1. The average molecular weight is 463 g/mol. The zero-order chi connectivity index (χ0) is 23.9. The smallest absolute Gasteiger partial charge is 0.329 e. The van der Waals surface area contributed by atoms with E-state index in [4.69, 9.17) is 19.7 Å². The summed E-state index contributed by atoms with van der Waals surface area (Å²) in [5, 5.41) is 13.6. The first-order valence-corrected chi connectivity index (χ1v) is 11.6. The third-order valence-electron chi connectivity index (χ3n) is 6.40. The molecule has 0 bridgehead atoms. The summed E-state index contributed by atoms with van der Waals surface area (Å²) in [6, 6.07) is 19.2. The van der Waals surface area contributed by atoms with Gasteiger partial charge in [-0.3, -0.25) is 4.79 Å². The highest BCUT2D eigenvalue weighted by Gasteiger charge is 2.23. The standard InChI is InChI=1S/C27H30N2O5/c1-33-23-9-5-8-22(14-23)24-15-25(30)29(28-27(24)21-6-3-2-4-7-21)16-19-10-12-20(13-11-19)17-34-18-26(31)32/h2-9,14-15,19-20H,10-13,16-18H2,1H3,(H,31,32)/t19-,20+. The second kappa shape index (κ2) is 11.1. The normalized spacial score (nSPS) is 17.9. The van der Waals surface area contributed by atoms with Gasteiger partial charge in [0.25, 0.3) is 5.56 Å². The Bertz CT molecular complexity index is 1170. The lowest BCUT2D eigenvalue weighted by Crippen LogP contribution is -2.29. The summed E-state index contributed by atoms with van der Waals surface area (Å²) in [5.41, 5.74) is 3.27. The molecule has 0 spiro atoms. The number of aromatic nitrogens is 2. The van der Waals surface area contributed by atoms with Crippen molar-refractivity contribution in [3.8, 4) is 28.1 Å². The summed E-state index contributed by atoms with van der Waals surface area (Å²) < 4.78 is 12.2. The summed E-state index contributed by atoms with van der Waals surface area (Å²) in [6.07, 6.45) is 3.86. The van der Waals surface area contributed by atoms with Gasteiger partial charge in [0.15, 0.2) is 0 Å². The van der Waals surface area contributed by atoms with Crippen molar-refractivity contribution in [3.05, 3.63) is 71.0 Å². The molecule has 1 aromatic heterocycles. The molecule has 1 aliphatic carbocycles. The Labute approximate surface area is 199 Å². The highest BCUT2D eigenvalue weighted by Crippen LogP contribution is 2.32. The van der Waals surface area contributed by atoms with Crippen molar-refractivity contribution in [1.29, 1.82) is 0 Å². The van der Waals surface area contributed by atoms with Gasteiger partial charge in [0.1, 0.15) is 12.4 Å². The Morgan fingerprint density at radius 2 is 1.71 bits per heavy atom. The van der Waals surface area contributed by atoms with Crippen LogP contribution in [0.1, 0.15) is 25.7 Å². The Kier molecular flexibility index (Phi) is 7.75. The lowest BCUT2D eigenvalue weighted by molar-refractivity contribution is -0.142. The molecular weight excluding hydrogens is 432 g/mol. The Balaban J connectivity index is 1.55. The molecular formula is C27H30N2O5. The van der Waals surface area contributed by atoms with E-state index in [0.29, 0.717) is 25.0 Å². The fraction of sp³-hybridized carbons (Fsp3) is 0.370.